The number of nitrogens with one attached hydrogen (secondary N) is 1. The molecule has 2 atom stereocenters. The van der Waals surface area contributed by atoms with Crippen LogP contribution in [0.3, 0.4) is 0 Å². The highest BCUT2D eigenvalue weighted by atomic mass is 15.1. The van der Waals surface area contributed by atoms with Crippen LogP contribution in [-0.2, 0) is 6.42 Å². The highest BCUT2D eigenvalue weighted by Gasteiger charge is 2.23. The van der Waals surface area contributed by atoms with Gasteiger partial charge in [-0.15, -0.1) is 0 Å². The summed E-state index contributed by atoms with van der Waals surface area (Å²) in [5.74, 6) is 0.819. The van der Waals surface area contributed by atoms with Gasteiger partial charge in [-0.3, -0.25) is 0 Å². The molecule has 1 aliphatic heterocycles. The fourth-order valence-corrected chi connectivity index (χ4v) is 2.87. The predicted molar refractivity (Wildman–Crippen MR) is 77.8 cm³/mol. The topological polar surface area (TPSA) is 15.3 Å². The molecule has 1 N–H and O–H groups in total. The van der Waals surface area contributed by atoms with Crippen LogP contribution in [0.15, 0.2) is 30.3 Å². The first-order chi connectivity index (χ1) is 8.79. The van der Waals surface area contributed by atoms with E-state index in [1.54, 1.807) is 0 Å². The molecule has 1 aromatic carbocycles. The van der Waals surface area contributed by atoms with E-state index in [4.69, 9.17) is 0 Å². The molecule has 18 heavy (non-hydrogen) atoms. The van der Waals surface area contributed by atoms with Gasteiger partial charge < -0.3 is 10.2 Å². The zero-order chi connectivity index (χ0) is 12.8. The third kappa shape index (κ3) is 3.82. The molecule has 2 rings (SSSR count). The molecule has 0 amide bonds. The van der Waals surface area contributed by atoms with Crippen molar-refractivity contribution in [2.45, 2.75) is 32.2 Å². The molecular weight excluding hydrogens is 220 g/mol. The van der Waals surface area contributed by atoms with Crippen molar-refractivity contribution >= 4 is 0 Å². The SMILES string of the molecule is CNC(C)C1CCCN(CCc2ccccc2)C1. The summed E-state index contributed by atoms with van der Waals surface area (Å²) in [6.45, 7) is 6.05. The smallest absolute Gasteiger partial charge is 0.00762 e. The van der Waals surface area contributed by atoms with E-state index in [0.717, 1.165) is 5.92 Å². The second kappa shape index (κ2) is 6.91. The minimum atomic E-state index is 0.643. The van der Waals surface area contributed by atoms with Crippen LogP contribution in [0.5, 0.6) is 0 Å². The minimum absolute atomic E-state index is 0.643. The van der Waals surface area contributed by atoms with Crippen molar-refractivity contribution < 1.29 is 0 Å². The largest absolute Gasteiger partial charge is 0.317 e. The van der Waals surface area contributed by atoms with Crippen LogP contribution in [0.2, 0.25) is 0 Å². The molecule has 0 aromatic heterocycles. The Hall–Kier alpha value is -0.860. The average molecular weight is 246 g/mol. The first-order valence-electron chi connectivity index (χ1n) is 7.23. The maximum atomic E-state index is 3.40. The van der Waals surface area contributed by atoms with Gasteiger partial charge in [0.05, 0.1) is 0 Å². The van der Waals surface area contributed by atoms with Gasteiger partial charge in [0.1, 0.15) is 0 Å². The molecule has 0 spiro atoms. The zero-order valence-corrected chi connectivity index (χ0v) is 11.7. The van der Waals surface area contributed by atoms with Crippen LogP contribution in [0, 0.1) is 5.92 Å². The van der Waals surface area contributed by atoms with Gasteiger partial charge in [0, 0.05) is 19.1 Å². The molecule has 0 aliphatic carbocycles. The van der Waals surface area contributed by atoms with Crippen molar-refractivity contribution in [1.82, 2.24) is 10.2 Å². The van der Waals surface area contributed by atoms with Gasteiger partial charge in [-0.25, -0.2) is 0 Å². The summed E-state index contributed by atoms with van der Waals surface area (Å²) in [6, 6.07) is 11.5. The van der Waals surface area contributed by atoms with Gasteiger partial charge in [0.2, 0.25) is 0 Å². The molecule has 1 heterocycles. The lowest BCUT2D eigenvalue weighted by atomic mass is 9.91. The lowest BCUT2D eigenvalue weighted by molar-refractivity contribution is 0.155. The Balaban J connectivity index is 1.79. The van der Waals surface area contributed by atoms with Gasteiger partial charge in [-0.2, -0.15) is 0 Å². The number of nitrogens with zero attached hydrogens (tertiary/aromatic N) is 1. The third-order valence-electron chi connectivity index (χ3n) is 4.26. The summed E-state index contributed by atoms with van der Waals surface area (Å²) in [5.41, 5.74) is 1.46. The number of hydrogen-bond acceptors (Lipinski definition) is 2. The summed E-state index contributed by atoms with van der Waals surface area (Å²) in [4.78, 5) is 2.63. The van der Waals surface area contributed by atoms with Gasteiger partial charge >= 0.3 is 0 Å². The number of hydrogen-bond donors (Lipinski definition) is 1. The quantitative estimate of drug-likeness (QED) is 0.859. The van der Waals surface area contributed by atoms with Crippen LogP contribution < -0.4 is 5.32 Å². The molecule has 1 aromatic rings. The summed E-state index contributed by atoms with van der Waals surface area (Å²) in [7, 11) is 2.08. The van der Waals surface area contributed by atoms with Crippen LogP contribution >= 0.6 is 0 Å². The molecule has 1 aliphatic rings. The van der Waals surface area contributed by atoms with Crippen LogP contribution in [-0.4, -0.2) is 37.6 Å². The zero-order valence-electron chi connectivity index (χ0n) is 11.7. The Bertz CT molecular complexity index is 336. The molecule has 2 heteroatoms. The molecule has 2 unspecified atom stereocenters. The lowest BCUT2D eigenvalue weighted by Crippen LogP contribution is -2.44. The predicted octanol–water partition coefficient (Wildman–Crippen LogP) is 2.55. The van der Waals surface area contributed by atoms with Gasteiger partial charge in [-0.05, 0) is 51.3 Å². The number of benzene rings is 1. The van der Waals surface area contributed by atoms with E-state index in [1.807, 2.05) is 0 Å². The average Bonchev–Trinajstić information content (AvgIpc) is 2.45. The molecule has 1 saturated heterocycles. The summed E-state index contributed by atoms with van der Waals surface area (Å²) in [5, 5.41) is 3.40. The van der Waals surface area contributed by atoms with E-state index in [-0.39, 0.29) is 0 Å². The van der Waals surface area contributed by atoms with Gasteiger partial charge in [-0.1, -0.05) is 30.3 Å². The fraction of sp³-hybridized carbons (Fsp3) is 0.625. The number of rotatable bonds is 5. The monoisotopic (exact) mass is 246 g/mol. The second-order valence-electron chi connectivity index (χ2n) is 5.52. The van der Waals surface area contributed by atoms with Crippen molar-refractivity contribution in [3.8, 4) is 0 Å². The van der Waals surface area contributed by atoms with E-state index >= 15 is 0 Å². The molecule has 0 radical (unpaired) electrons. The van der Waals surface area contributed by atoms with Gasteiger partial charge in [0.25, 0.3) is 0 Å². The Morgan fingerprint density at radius 3 is 2.83 bits per heavy atom. The highest BCUT2D eigenvalue weighted by Crippen LogP contribution is 2.19. The molecule has 1 fully saturated rings. The summed E-state index contributed by atoms with van der Waals surface area (Å²) >= 11 is 0. The van der Waals surface area contributed by atoms with Crippen LogP contribution in [0.1, 0.15) is 25.3 Å². The van der Waals surface area contributed by atoms with Crippen LogP contribution in [0.25, 0.3) is 0 Å². The third-order valence-corrected chi connectivity index (χ3v) is 4.26. The van der Waals surface area contributed by atoms with E-state index in [0.29, 0.717) is 6.04 Å². The first kappa shape index (κ1) is 13.6. The fourth-order valence-electron chi connectivity index (χ4n) is 2.87. The van der Waals surface area contributed by atoms with Crippen molar-refractivity contribution in [2.75, 3.05) is 26.7 Å². The maximum Gasteiger partial charge on any atom is 0.00762 e. The van der Waals surface area contributed by atoms with E-state index in [1.165, 1.54) is 44.5 Å². The van der Waals surface area contributed by atoms with Crippen molar-refractivity contribution in [3.05, 3.63) is 35.9 Å². The standard InChI is InChI=1S/C16H26N2/c1-14(17-2)16-9-6-11-18(13-16)12-10-15-7-4-3-5-8-15/h3-5,7-8,14,16-17H,6,9-13H2,1-2H3. The van der Waals surface area contributed by atoms with Crippen LogP contribution in [0.4, 0.5) is 0 Å². The maximum absolute atomic E-state index is 3.40. The molecular formula is C16H26N2. The summed E-state index contributed by atoms with van der Waals surface area (Å²) in [6.07, 6.45) is 3.91. The summed E-state index contributed by atoms with van der Waals surface area (Å²) < 4.78 is 0. The Labute approximate surface area is 111 Å². The number of piperidine rings is 1. The van der Waals surface area contributed by atoms with Crippen molar-refractivity contribution in [2.24, 2.45) is 5.92 Å². The first-order valence-corrected chi connectivity index (χ1v) is 7.23. The molecule has 0 saturated carbocycles. The lowest BCUT2D eigenvalue weighted by Gasteiger charge is -2.35. The Kier molecular flexibility index (Phi) is 5.21. The molecule has 100 valence electrons. The Morgan fingerprint density at radius 1 is 1.33 bits per heavy atom. The van der Waals surface area contributed by atoms with Crippen molar-refractivity contribution in [3.63, 3.8) is 0 Å². The van der Waals surface area contributed by atoms with Gasteiger partial charge in [0.15, 0.2) is 0 Å². The number of likely N-dealkylation sites (tertiary alicyclic amines) is 1. The molecule has 2 nitrogen and oxygen atoms in total. The highest BCUT2D eigenvalue weighted by molar-refractivity contribution is 5.14. The second-order valence-corrected chi connectivity index (χ2v) is 5.52. The Morgan fingerprint density at radius 2 is 2.11 bits per heavy atom. The minimum Gasteiger partial charge on any atom is -0.317 e. The van der Waals surface area contributed by atoms with E-state index in [9.17, 15) is 0 Å². The normalized spacial score (nSPS) is 22.9. The van der Waals surface area contributed by atoms with Crippen molar-refractivity contribution in [1.29, 1.82) is 0 Å². The molecule has 0 bridgehead atoms. The van der Waals surface area contributed by atoms with E-state index < -0.39 is 0 Å². The van der Waals surface area contributed by atoms with E-state index in [2.05, 4.69) is 54.5 Å².